The number of anilines is 1. The van der Waals surface area contributed by atoms with Crippen molar-refractivity contribution in [2.24, 2.45) is 5.92 Å². The number of hydrogen-bond acceptors (Lipinski definition) is 3. The smallest absolute Gasteiger partial charge is 0.293 e. The zero-order valence-electron chi connectivity index (χ0n) is 10.6. The molecule has 0 amide bonds. The van der Waals surface area contributed by atoms with Crippen LogP contribution in [0.2, 0.25) is 0 Å². The van der Waals surface area contributed by atoms with Crippen LogP contribution in [0, 0.1) is 5.92 Å². The van der Waals surface area contributed by atoms with Crippen LogP contribution in [0.1, 0.15) is 27.2 Å². The highest BCUT2D eigenvalue weighted by atomic mass is 35.5. The van der Waals surface area contributed by atoms with Gasteiger partial charge in [-0.15, -0.1) is 11.6 Å². The summed E-state index contributed by atoms with van der Waals surface area (Å²) in [5.74, 6) is 1.29. The number of alkyl halides is 1. The summed E-state index contributed by atoms with van der Waals surface area (Å²) in [4.78, 5) is 16.1. The van der Waals surface area contributed by atoms with E-state index in [-0.39, 0.29) is 11.6 Å². The van der Waals surface area contributed by atoms with E-state index in [1.165, 1.54) is 0 Å². The fourth-order valence-corrected chi connectivity index (χ4v) is 1.82. The number of nitrogens with zero attached hydrogens (tertiary/aromatic N) is 2. The monoisotopic (exact) mass is 257 g/mol. The van der Waals surface area contributed by atoms with Gasteiger partial charge in [-0.2, -0.15) is 0 Å². The van der Waals surface area contributed by atoms with Gasteiger partial charge in [0.2, 0.25) is 0 Å². The first-order valence-corrected chi connectivity index (χ1v) is 6.49. The van der Waals surface area contributed by atoms with Crippen molar-refractivity contribution in [2.75, 3.05) is 11.2 Å². The lowest BCUT2D eigenvalue weighted by Crippen LogP contribution is -2.30. The molecule has 1 rings (SSSR count). The second-order valence-corrected chi connectivity index (χ2v) is 4.84. The lowest BCUT2D eigenvalue weighted by atomic mass is 10.2. The molecule has 1 aromatic heterocycles. The summed E-state index contributed by atoms with van der Waals surface area (Å²) in [7, 11) is 0. The minimum Gasteiger partial charge on any atom is -0.362 e. The average Bonchev–Trinajstić information content (AvgIpc) is 2.30. The lowest BCUT2D eigenvalue weighted by molar-refractivity contribution is 0.509. The SMILES string of the molecule is CCC(CCl)Nc1nccn(CC(C)C)c1=O. The van der Waals surface area contributed by atoms with Crippen LogP contribution in [0.25, 0.3) is 0 Å². The van der Waals surface area contributed by atoms with Gasteiger partial charge in [-0.25, -0.2) is 4.98 Å². The summed E-state index contributed by atoms with van der Waals surface area (Å²) in [6.07, 6.45) is 4.23. The quantitative estimate of drug-likeness (QED) is 0.796. The Hall–Kier alpha value is -1.03. The normalized spacial score (nSPS) is 12.8. The second-order valence-electron chi connectivity index (χ2n) is 4.53. The zero-order chi connectivity index (χ0) is 12.8. The van der Waals surface area contributed by atoms with Crippen molar-refractivity contribution in [2.45, 2.75) is 39.8 Å². The van der Waals surface area contributed by atoms with Gasteiger partial charge in [-0.1, -0.05) is 20.8 Å². The molecule has 1 unspecified atom stereocenters. The molecule has 1 atom stereocenters. The molecule has 4 nitrogen and oxygen atoms in total. The molecule has 0 fully saturated rings. The molecule has 0 aromatic carbocycles. The predicted octanol–water partition coefficient (Wildman–Crippen LogP) is 2.33. The number of aromatic nitrogens is 2. The van der Waals surface area contributed by atoms with Crippen LogP contribution in [-0.4, -0.2) is 21.5 Å². The van der Waals surface area contributed by atoms with E-state index in [2.05, 4.69) is 24.1 Å². The molecule has 0 aliphatic heterocycles. The van der Waals surface area contributed by atoms with Crippen LogP contribution in [0.15, 0.2) is 17.2 Å². The largest absolute Gasteiger partial charge is 0.362 e. The Bertz CT molecular complexity index is 399. The summed E-state index contributed by atoms with van der Waals surface area (Å²) in [6, 6.07) is 0.0896. The van der Waals surface area contributed by atoms with Crippen molar-refractivity contribution < 1.29 is 0 Å². The fraction of sp³-hybridized carbons (Fsp3) is 0.667. The summed E-state index contributed by atoms with van der Waals surface area (Å²) >= 11 is 5.79. The van der Waals surface area contributed by atoms with Gasteiger partial charge in [-0.05, 0) is 12.3 Å². The van der Waals surface area contributed by atoms with E-state index in [0.29, 0.717) is 24.2 Å². The minimum absolute atomic E-state index is 0.0789. The van der Waals surface area contributed by atoms with Crippen molar-refractivity contribution in [1.82, 2.24) is 9.55 Å². The Labute approximate surface area is 107 Å². The molecule has 0 saturated heterocycles. The van der Waals surface area contributed by atoms with E-state index in [1.807, 2.05) is 6.92 Å². The van der Waals surface area contributed by atoms with Gasteiger partial charge in [0.15, 0.2) is 5.82 Å². The van der Waals surface area contributed by atoms with Crippen molar-refractivity contribution in [3.8, 4) is 0 Å². The Morgan fingerprint density at radius 1 is 1.53 bits per heavy atom. The first-order chi connectivity index (χ1) is 8.08. The van der Waals surface area contributed by atoms with Gasteiger partial charge < -0.3 is 9.88 Å². The third-order valence-electron chi connectivity index (χ3n) is 2.50. The van der Waals surface area contributed by atoms with Crippen LogP contribution < -0.4 is 10.9 Å². The van der Waals surface area contributed by atoms with Crippen molar-refractivity contribution in [3.63, 3.8) is 0 Å². The van der Waals surface area contributed by atoms with Crippen LogP contribution in [0.4, 0.5) is 5.82 Å². The topological polar surface area (TPSA) is 46.9 Å². The van der Waals surface area contributed by atoms with Gasteiger partial charge in [0.05, 0.1) is 0 Å². The molecule has 1 aromatic rings. The van der Waals surface area contributed by atoms with Crippen LogP contribution in [0.5, 0.6) is 0 Å². The third kappa shape index (κ3) is 4.04. The van der Waals surface area contributed by atoms with Crippen molar-refractivity contribution in [1.29, 1.82) is 0 Å². The molecule has 0 aliphatic rings. The summed E-state index contributed by atoms with van der Waals surface area (Å²) in [5, 5.41) is 3.08. The van der Waals surface area contributed by atoms with E-state index in [1.54, 1.807) is 17.0 Å². The second kappa shape index (κ2) is 6.64. The van der Waals surface area contributed by atoms with Gasteiger partial charge in [-0.3, -0.25) is 4.79 Å². The molecule has 0 radical (unpaired) electrons. The average molecular weight is 258 g/mol. The van der Waals surface area contributed by atoms with Crippen LogP contribution in [-0.2, 0) is 6.54 Å². The molecule has 0 spiro atoms. The Morgan fingerprint density at radius 2 is 2.24 bits per heavy atom. The van der Waals surface area contributed by atoms with Gasteiger partial charge in [0.25, 0.3) is 5.56 Å². The lowest BCUT2D eigenvalue weighted by Gasteiger charge is -2.15. The third-order valence-corrected chi connectivity index (χ3v) is 2.87. The summed E-state index contributed by atoms with van der Waals surface area (Å²) in [5.41, 5.74) is -0.0789. The van der Waals surface area contributed by atoms with Gasteiger partial charge in [0.1, 0.15) is 0 Å². The minimum atomic E-state index is -0.0789. The van der Waals surface area contributed by atoms with E-state index >= 15 is 0 Å². The highest BCUT2D eigenvalue weighted by Gasteiger charge is 2.10. The fourth-order valence-electron chi connectivity index (χ4n) is 1.53. The standard InChI is InChI=1S/C12H20ClN3O/c1-4-10(7-13)15-11-12(17)16(6-5-14-11)8-9(2)3/h5-6,9-10H,4,7-8H2,1-3H3,(H,14,15). The van der Waals surface area contributed by atoms with E-state index in [4.69, 9.17) is 11.6 Å². The molecule has 17 heavy (non-hydrogen) atoms. The van der Waals surface area contributed by atoms with Crippen molar-refractivity contribution in [3.05, 3.63) is 22.7 Å². The predicted molar refractivity (Wildman–Crippen MR) is 71.8 cm³/mol. The number of halogens is 1. The summed E-state index contributed by atoms with van der Waals surface area (Å²) in [6.45, 7) is 6.88. The molecular weight excluding hydrogens is 238 g/mol. The first kappa shape index (κ1) is 14.0. The van der Waals surface area contributed by atoms with Gasteiger partial charge in [0, 0.05) is 30.9 Å². The van der Waals surface area contributed by atoms with Gasteiger partial charge >= 0.3 is 0 Å². The Morgan fingerprint density at radius 3 is 2.76 bits per heavy atom. The van der Waals surface area contributed by atoms with E-state index in [9.17, 15) is 4.79 Å². The molecule has 5 heteroatoms. The molecular formula is C12H20ClN3O. The van der Waals surface area contributed by atoms with Crippen molar-refractivity contribution >= 4 is 17.4 Å². The van der Waals surface area contributed by atoms with Crippen LogP contribution >= 0.6 is 11.6 Å². The Kier molecular flexibility index (Phi) is 5.48. The highest BCUT2D eigenvalue weighted by Crippen LogP contribution is 2.03. The maximum Gasteiger partial charge on any atom is 0.293 e. The molecule has 1 N–H and O–H groups in total. The Balaban J connectivity index is 2.90. The van der Waals surface area contributed by atoms with E-state index in [0.717, 1.165) is 6.42 Å². The molecule has 0 bridgehead atoms. The first-order valence-electron chi connectivity index (χ1n) is 5.96. The zero-order valence-corrected chi connectivity index (χ0v) is 11.4. The maximum atomic E-state index is 12.1. The van der Waals surface area contributed by atoms with E-state index < -0.39 is 0 Å². The molecule has 0 aliphatic carbocycles. The highest BCUT2D eigenvalue weighted by molar-refractivity contribution is 6.18. The number of hydrogen-bond donors (Lipinski definition) is 1. The van der Waals surface area contributed by atoms with Crippen LogP contribution in [0.3, 0.4) is 0 Å². The molecule has 0 saturated carbocycles. The summed E-state index contributed by atoms with van der Waals surface area (Å²) < 4.78 is 1.68. The number of rotatable bonds is 6. The number of nitrogens with one attached hydrogen (secondary N) is 1. The molecule has 96 valence electrons. The maximum absolute atomic E-state index is 12.1. The molecule has 1 heterocycles.